The van der Waals surface area contributed by atoms with E-state index in [0.717, 1.165) is 5.69 Å². The Morgan fingerprint density at radius 1 is 1.04 bits per heavy atom. The number of carbonyl (C=O) groups is 1. The third kappa shape index (κ3) is 3.64. The minimum atomic E-state index is -0.819. The molecule has 7 heteroatoms. The highest BCUT2D eigenvalue weighted by Crippen LogP contribution is 2.27. The van der Waals surface area contributed by atoms with Crippen molar-refractivity contribution in [3.63, 3.8) is 0 Å². The Bertz CT molecular complexity index is 1040. The number of methoxy groups -OCH3 is 1. The summed E-state index contributed by atoms with van der Waals surface area (Å²) in [7, 11) is 3.31. The predicted molar refractivity (Wildman–Crippen MR) is 107 cm³/mol. The molecule has 146 valence electrons. The molecule has 1 atom stereocenters. The Hall–Kier alpha value is -3.48. The minimum absolute atomic E-state index is 0.229. The Kier molecular flexibility index (Phi) is 5.54. The first-order chi connectivity index (χ1) is 13.4. The zero-order valence-corrected chi connectivity index (χ0v) is 16.3. The number of aromatic nitrogens is 2. The fourth-order valence-electron chi connectivity index (χ4n) is 2.90. The van der Waals surface area contributed by atoms with Gasteiger partial charge in [0.05, 0.1) is 18.5 Å². The first-order valence-corrected chi connectivity index (χ1v) is 8.88. The molecular weight excluding hydrogens is 358 g/mol. The highest BCUT2D eigenvalue weighted by molar-refractivity contribution is 5.94. The molecule has 0 aliphatic carbocycles. The van der Waals surface area contributed by atoms with Crippen molar-refractivity contribution in [1.82, 2.24) is 9.36 Å². The van der Waals surface area contributed by atoms with Crippen molar-refractivity contribution < 1.29 is 14.3 Å². The lowest BCUT2D eigenvalue weighted by molar-refractivity contribution is -0.122. The van der Waals surface area contributed by atoms with Gasteiger partial charge >= 0.3 is 0 Å². The molecule has 0 saturated heterocycles. The molecule has 1 heterocycles. The number of benzene rings is 2. The molecule has 1 amide bonds. The smallest absolute Gasteiger partial charge is 0.295 e. The Morgan fingerprint density at radius 2 is 1.64 bits per heavy atom. The third-order valence-corrected chi connectivity index (χ3v) is 4.54. The predicted octanol–water partition coefficient (Wildman–Crippen LogP) is 2.90. The van der Waals surface area contributed by atoms with Crippen molar-refractivity contribution in [3.05, 3.63) is 70.6 Å². The van der Waals surface area contributed by atoms with Crippen LogP contribution in [0.3, 0.4) is 0 Å². The number of amides is 1. The van der Waals surface area contributed by atoms with Crippen LogP contribution in [0.4, 0.5) is 5.69 Å². The van der Waals surface area contributed by atoms with E-state index in [-0.39, 0.29) is 11.2 Å². The van der Waals surface area contributed by atoms with Crippen LogP contribution in [0.15, 0.2) is 59.4 Å². The topological polar surface area (TPSA) is 74.5 Å². The van der Waals surface area contributed by atoms with E-state index in [9.17, 15) is 9.59 Å². The first kappa shape index (κ1) is 19.3. The third-order valence-electron chi connectivity index (χ3n) is 4.54. The van der Waals surface area contributed by atoms with Gasteiger partial charge in [-0.2, -0.15) is 0 Å². The van der Waals surface area contributed by atoms with E-state index >= 15 is 0 Å². The molecule has 0 saturated carbocycles. The molecule has 1 aromatic heterocycles. The average Bonchev–Trinajstić information content (AvgIpc) is 2.92. The quantitative estimate of drug-likeness (QED) is 0.712. The summed E-state index contributed by atoms with van der Waals surface area (Å²) in [5, 5.41) is 2.71. The normalized spacial score (nSPS) is 11.7. The molecule has 0 bridgehead atoms. The second kappa shape index (κ2) is 8.04. The number of hydrogen-bond donors (Lipinski definition) is 1. The lowest BCUT2D eigenvalue weighted by Crippen LogP contribution is -2.32. The van der Waals surface area contributed by atoms with Crippen molar-refractivity contribution in [1.29, 1.82) is 0 Å². The van der Waals surface area contributed by atoms with Crippen LogP contribution >= 0.6 is 0 Å². The van der Waals surface area contributed by atoms with E-state index in [1.165, 1.54) is 11.8 Å². The number of nitrogens with one attached hydrogen (secondary N) is 1. The zero-order valence-electron chi connectivity index (χ0n) is 16.3. The Labute approximate surface area is 163 Å². The molecule has 3 rings (SSSR count). The first-order valence-electron chi connectivity index (χ1n) is 8.88. The van der Waals surface area contributed by atoms with Crippen LogP contribution in [0, 0.1) is 6.92 Å². The van der Waals surface area contributed by atoms with Crippen LogP contribution < -0.4 is 20.3 Å². The molecule has 0 radical (unpaired) electrons. The number of carbonyl (C=O) groups excluding carboxylic acids is 1. The van der Waals surface area contributed by atoms with Crippen LogP contribution in [-0.2, 0) is 11.8 Å². The second-order valence-corrected chi connectivity index (χ2v) is 6.34. The summed E-state index contributed by atoms with van der Waals surface area (Å²) in [5.41, 5.74) is 1.29. The van der Waals surface area contributed by atoms with Gasteiger partial charge in [-0.15, -0.1) is 0 Å². The standard InChI is InChI=1S/C21H23N3O4/c1-14-19(21(26)24(23(14)3)16-10-6-5-7-11-16)22-20(25)15(2)28-18-13-9-8-12-17(18)27-4/h5-13,15H,1-4H3,(H,22,25). The SMILES string of the molecule is COc1ccccc1OC(C)C(=O)Nc1c(C)n(C)n(-c2ccccc2)c1=O. The largest absolute Gasteiger partial charge is 0.493 e. The lowest BCUT2D eigenvalue weighted by Gasteiger charge is -2.16. The summed E-state index contributed by atoms with van der Waals surface area (Å²) in [6.07, 6.45) is -0.819. The summed E-state index contributed by atoms with van der Waals surface area (Å²) in [5.74, 6) is 0.570. The molecule has 1 N–H and O–H groups in total. The summed E-state index contributed by atoms with van der Waals surface area (Å²) >= 11 is 0. The van der Waals surface area contributed by atoms with E-state index in [1.54, 1.807) is 43.8 Å². The molecule has 0 fully saturated rings. The molecular formula is C21H23N3O4. The molecule has 1 unspecified atom stereocenters. The van der Waals surface area contributed by atoms with Gasteiger partial charge in [-0.1, -0.05) is 30.3 Å². The second-order valence-electron chi connectivity index (χ2n) is 6.34. The van der Waals surface area contributed by atoms with Gasteiger partial charge < -0.3 is 14.8 Å². The Morgan fingerprint density at radius 3 is 2.29 bits per heavy atom. The van der Waals surface area contributed by atoms with Crippen molar-refractivity contribution >= 4 is 11.6 Å². The van der Waals surface area contributed by atoms with Crippen LogP contribution in [0.5, 0.6) is 11.5 Å². The van der Waals surface area contributed by atoms with Gasteiger partial charge in [0.15, 0.2) is 17.6 Å². The summed E-state index contributed by atoms with van der Waals surface area (Å²) in [6, 6.07) is 16.3. The number of ether oxygens (including phenoxy) is 2. The number of nitrogens with zero attached hydrogens (tertiary/aromatic N) is 2. The van der Waals surface area contributed by atoms with Gasteiger partial charge in [-0.3, -0.25) is 14.3 Å². The average molecular weight is 381 g/mol. The van der Waals surface area contributed by atoms with Crippen molar-refractivity contribution in [2.75, 3.05) is 12.4 Å². The number of rotatable bonds is 6. The van der Waals surface area contributed by atoms with E-state index in [4.69, 9.17) is 9.47 Å². The molecule has 2 aromatic carbocycles. The van der Waals surface area contributed by atoms with E-state index < -0.39 is 12.0 Å². The van der Waals surface area contributed by atoms with Crippen molar-refractivity contribution in [2.24, 2.45) is 7.05 Å². The van der Waals surface area contributed by atoms with Crippen molar-refractivity contribution in [2.45, 2.75) is 20.0 Å². The van der Waals surface area contributed by atoms with E-state index in [1.807, 2.05) is 36.4 Å². The monoisotopic (exact) mass is 381 g/mol. The zero-order chi connectivity index (χ0) is 20.3. The van der Waals surface area contributed by atoms with Crippen LogP contribution in [-0.4, -0.2) is 28.5 Å². The fourth-order valence-corrected chi connectivity index (χ4v) is 2.90. The van der Waals surface area contributed by atoms with Gasteiger partial charge in [0.1, 0.15) is 5.69 Å². The summed E-state index contributed by atoms with van der Waals surface area (Å²) in [4.78, 5) is 25.5. The maximum absolute atomic E-state index is 12.9. The highest BCUT2D eigenvalue weighted by atomic mass is 16.5. The maximum Gasteiger partial charge on any atom is 0.295 e. The Balaban J connectivity index is 1.84. The maximum atomic E-state index is 12.9. The number of para-hydroxylation sites is 3. The molecule has 3 aromatic rings. The summed E-state index contributed by atoms with van der Waals surface area (Å²) in [6.45, 7) is 3.40. The van der Waals surface area contributed by atoms with E-state index in [0.29, 0.717) is 17.2 Å². The van der Waals surface area contributed by atoms with Gasteiger partial charge in [0.25, 0.3) is 11.5 Å². The van der Waals surface area contributed by atoms with Gasteiger partial charge in [-0.05, 0) is 38.1 Å². The molecule has 0 spiro atoms. The summed E-state index contributed by atoms with van der Waals surface area (Å²) < 4.78 is 14.2. The van der Waals surface area contributed by atoms with Crippen LogP contribution in [0.1, 0.15) is 12.6 Å². The van der Waals surface area contributed by atoms with E-state index in [2.05, 4.69) is 5.32 Å². The van der Waals surface area contributed by atoms with Crippen LogP contribution in [0.25, 0.3) is 5.69 Å². The number of anilines is 1. The fraction of sp³-hybridized carbons (Fsp3) is 0.238. The van der Waals surface area contributed by atoms with Crippen molar-refractivity contribution in [3.8, 4) is 17.2 Å². The number of hydrogen-bond acceptors (Lipinski definition) is 4. The van der Waals surface area contributed by atoms with Gasteiger partial charge in [-0.25, -0.2) is 4.68 Å². The highest BCUT2D eigenvalue weighted by Gasteiger charge is 2.22. The lowest BCUT2D eigenvalue weighted by atomic mass is 10.3. The molecule has 0 aliphatic rings. The van der Waals surface area contributed by atoms with Gasteiger partial charge in [0.2, 0.25) is 0 Å². The minimum Gasteiger partial charge on any atom is -0.493 e. The van der Waals surface area contributed by atoms with Crippen LogP contribution in [0.2, 0.25) is 0 Å². The van der Waals surface area contributed by atoms with Gasteiger partial charge in [0, 0.05) is 7.05 Å². The molecule has 0 aliphatic heterocycles. The molecule has 28 heavy (non-hydrogen) atoms. The molecule has 7 nitrogen and oxygen atoms in total.